The molecule has 6 rings (SSSR count). The van der Waals surface area contributed by atoms with Crippen molar-refractivity contribution < 1.29 is 23.9 Å². The topological polar surface area (TPSA) is 99.9 Å². The van der Waals surface area contributed by atoms with E-state index >= 15 is 0 Å². The lowest BCUT2D eigenvalue weighted by atomic mass is 10.2. The smallest absolute Gasteiger partial charge is 0.410 e. The summed E-state index contributed by atoms with van der Waals surface area (Å²) in [6.07, 6.45) is 4.42. The van der Waals surface area contributed by atoms with E-state index in [-0.39, 0.29) is 49.6 Å². The van der Waals surface area contributed by atoms with Crippen molar-refractivity contribution in [1.82, 2.24) is 19.2 Å². The normalized spacial score (nSPS) is 21.1. The summed E-state index contributed by atoms with van der Waals surface area (Å²) in [6, 6.07) is 11.2. The molecule has 3 aliphatic rings. The lowest BCUT2D eigenvalue weighted by Crippen LogP contribution is -2.52. The second kappa shape index (κ2) is 9.72. The number of aromatic nitrogens is 2. The number of anilines is 2. The first-order valence-corrected chi connectivity index (χ1v) is 13.6. The van der Waals surface area contributed by atoms with Crippen molar-refractivity contribution in [3.8, 4) is 5.75 Å². The second-order valence-corrected chi connectivity index (χ2v) is 11.5. The first-order chi connectivity index (χ1) is 19.1. The molecule has 0 spiro atoms. The highest BCUT2D eigenvalue weighted by atomic mass is 16.6. The summed E-state index contributed by atoms with van der Waals surface area (Å²) in [5.74, 6) is 1.13. The van der Waals surface area contributed by atoms with Crippen LogP contribution in [0.15, 0.2) is 48.8 Å². The fourth-order valence-corrected chi connectivity index (χ4v) is 5.89. The molecular formula is C29H34N6O5. The number of benzene rings is 1. The summed E-state index contributed by atoms with van der Waals surface area (Å²) < 4.78 is 12.7. The molecule has 11 nitrogen and oxygen atoms in total. The number of likely N-dealkylation sites (tertiary alicyclic amines) is 1. The minimum absolute atomic E-state index is 0.0794. The Morgan fingerprint density at radius 1 is 1.07 bits per heavy atom. The van der Waals surface area contributed by atoms with E-state index in [0.717, 1.165) is 23.3 Å². The third-order valence-electron chi connectivity index (χ3n) is 7.76. The molecule has 0 unspecified atom stereocenters. The van der Waals surface area contributed by atoms with Gasteiger partial charge in [0.05, 0.1) is 31.6 Å². The zero-order valence-electron chi connectivity index (χ0n) is 23.2. The van der Waals surface area contributed by atoms with E-state index in [1.54, 1.807) is 18.2 Å². The number of carbonyl (C=O) groups excluding carboxylic acids is 3. The number of piperazine rings is 1. The van der Waals surface area contributed by atoms with Gasteiger partial charge in [0.25, 0.3) is 0 Å². The number of ether oxygens (including phenoxy) is 2. The van der Waals surface area contributed by atoms with Gasteiger partial charge in [0.2, 0.25) is 5.91 Å². The maximum Gasteiger partial charge on any atom is 0.410 e. The van der Waals surface area contributed by atoms with Crippen molar-refractivity contribution in [2.75, 3.05) is 36.5 Å². The van der Waals surface area contributed by atoms with E-state index < -0.39 is 5.60 Å². The maximum absolute atomic E-state index is 13.6. The minimum Gasteiger partial charge on any atom is -0.497 e. The minimum atomic E-state index is -0.531. The summed E-state index contributed by atoms with van der Waals surface area (Å²) in [5, 5.41) is 0. The largest absolute Gasteiger partial charge is 0.497 e. The molecule has 1 aromatic carbocycles. The molecule has 3 fully saturated rings. The van der Waals surface area contributed by atoms with Crippen LogP contribution in [-0.4, -0.2) is 81.6 Å². The van der Waals surface area contributed by atoms with Gasteiger partial charge in [-0.15, -0.1) is 0 Å². The SMILES string of the molecule is COc1ccc(CN2C(=O)CCN(c3cnc4c(N5C[C@@H]6C[C@H]5CN6C(=O)OC(C)(C)C)cccn34)C2=O)cc1. The number of urea groups is 1. The highest BCUT2D eigenvalue weighted by Gasteiger charge is 2.47. The van der Waals surface area contributed by atoms with E-state index in [2.05, 4.69) is 4.90 Å². The van der Waals surface area contributed by atoms with Crippen molar-refractivity contribution in [3.63, 3.8) is 0 Å². The summed E-state index contributed by atoms with van der Waals surface area (Å²) in [5.41, 5.74) is 2.01. The molecule has 40 heavy (non-hydrogen) atoms. The fourth-order valence-electron chi connectivity index (χ4n) is 5.89. The van der Waals surface area contributed by atoms with Crippen LogP contribution < -0.4 is 14.5 Å². The number of imidazole rings is 1. The highest BCUT2D eigenvalue weighted by molar-refractivity contribution is 6.05. The number of nitrogens with zero attached hydrogens (tertiary/aromatic N) is 6. The van der Waals surface area contributed by atoms with Crippen LogP contribution in [0.1, 0.15) is 39.2 Å². The summed E-state index contributed by atoms with van der Waals surface area (Å²) in [4.78, 5) is 50.8. The molecule has 4 amide bonds. The van der Waals surface area contributed by atoms with Crippen molar-refractivity contribution >= 4 is 35.2 Å². The molecule has 5 heterocycles. The van der Waals surface area contributed by atoms with Crippen molar-refractivity contribution in [3.05, 3.63) is 54.4 Å². The molecule has 0 saturated carbocycles. The van der Waals surface area contributed by atoms with Crippen LogP contribution in [0.5, 0.6) is 5.75 Å². The predicted molar refractivity (Wildman–Crippen MR) is 149 cm³/mol. The van der Waals surface area contributed by atoms with E-state index in [1.807, 2.05) is 72.7 Å². The quantitative estimate of drug-likeness (QED) is 0.479. The molecule has 2 bridgehead atoms. The van der Waals surface area contributed by atoms with Gasteiger partial charge < -0.3 is 19.3 Å². The summed E-state index contributed by atoms with van der Waals surface area (Å²) in [7, 11) is 1.60. The Labute approximate surface area is 232 Å². The number of hydrogen-bond donors (Lipinski definition) is 0. The zero-order valence-corrected chi connectivity index (χ0v) is 23.2. The van der Waals surface area contributed by atoms with Crippen LogP contribution in [0, 0.1) is 0 Å². The first kappa shape index (κ1) is 26.0. The number of amides is 4. The molecule has 0 aliphatic carbocycles. The van der Waals surface area contributed by atoms with Gasteiger partial charge in [-0.2, -0.15) is 0 Å². The summed E-state index contributed by atoms with van der Waals surface area (Å²) in [6.45, 7) is 7.40. The molecule has 3 saturated heterocycles. The van der Waals surface area contributed by atoms with Crippen LogP contribution in [-0.2, 0) is 16.1 Å². The van der Waals surface area contributed by atoms with E-state index in [9.17, 15) is 14.4 Å². The van der Waals surface area contributed by atoms with Crippen LogP contribution >= 0.6 is 0 Å². The van der Waals surface area contributed by atoms with Crippen LogP contribution in [0.3, 0.4) is 0 Å². The zero-order chi connectivity index (χ0) is 28.2. The standard InChI is InChI=1S/C29H34N6O5/c1-29(2,3)40-28(38)34-18-20-14-21(34)17-33(20)23-6-5-12-31-24(15-30-26(23)31)32-13-11-25(36)35(27(32)37)16-19-7-9-22(39-4)10-8-19/h5-10,12,15,20-21H,11,13-14,16-18H2,1-4H3/t20-,21-/m0/s1. The van der Waals surface area contributed by atoms with Gasteiger partial charge in [0, 0.05) is 38.3 Å². The first-order valence-electron chi connectivity index (χ1n) is 13.6. The third kappa shape index (κ3) is 4.59. The summed E-state index contributed by atoms with van der Waals surface area (Å²) >= 11 is 0. The van der Waals surface area contributed by atoms with Gasteiger partial charge in [-0.25, -0.2) is 14.6 Å². The van der Waals surface area contributed by atoms with Crippen LogP contribution in [0.2, 0.25) is 0 Å². The lowest BCUT2D eigenvalue weighted by Gasteiger charge is -2.36. The fraction of sp³-hybridized carbons (Fsp3) is 0.448. The Balaban J connectivity index is 1.21. The monoisotopic (exact) mass is 546 g/mol. The maximum atomic E-state index is 13.6. The number of rotatable bonds is 5. The van der Waals surface area contributed by atoms with E-state index in [1.165, 1.54) is 4.90 Å². The number of carbonyl (C=O) groups is 3. The van der Waals surface area contributed by atoms with Gasteiger partial charge in [-0.3, -0.25) is 19.0 Å². The Bertz CT molecular complexity index is 1460. The van der Waals surface area contributed by atoms with Crippen molar-refractivity contribution in [1.29, 1.82) is 0 Å². The molecule has 0 radical (unpaired) electrons. The third-order valence-corrected chi connectivity index (χ3v) is 7.76. The average Bonchev–Trinajstić information content (AvgIpc) is 3.65. The lowest BCUT2D eigenvalue weighted by molar-refractivity contribution is -0.129. The Hall–Kier alpha value is -4.28. The van der Waals surface area contributed by atoms with Gasteiger partial charge in [-0.1, -0.05) is 12.1 Å². The van der Waals surface area contributed by atoms with Gasteiger partial charge in [0.1, 0.15) is 17.2 Å². The van der Waals surface area contributed by atoms with Crippen LogP contribution in [0.25, 0.3) is 5.65 Å². The van der Waals surface area contributed by atoms with Crippen LogP contribution in [0.4, 0.5) is 21.1 Å². The molecule has 3 aromatic rings. The average molecular weight is 547 g/mol. The molecule has 210 valence electrons. The van der Waals surface area contributed by atoms with Gasteiger partial charge >= 0.3 is 12.1 Å². The molecule has 3 aliphatic heterocycles. The Morgan fingerprint density at radius 2 is 1.85 bits per heavy atom. The van der Waals surface area contributed by atoms with E-state index in [0.29, 0.717) is 24.7 Å². The van der Waals surface area contributed by atoms with Crippen molar-refractivity contribution in [2.45, 2.75) is 57.8 Å². The molecule has 11 heteroatoms. The molecule has 0 N–H and O–H groups in total. The second-order valence-electron chi connectivity index (χ2n) is 11.5. The number of hydrogen-bond acceptors (Lipinski definition) is 7. The number of fused-ring (bicyclic) bond motifs is 3. The number of methoxy groups -OCH3 is 1. The Morgan fingerprint density at radius 3 is 2.52 bits per heavy atom. The highest BCUT2D eigenvalue weighted by Crippen LogP contribution is 2.38. The van der Waals surface area contributed by atoms with Crippen molar-refractivity contribution in [2.24, 2.45) is 0 Å². The number of imide groups is 1. The predicted octanol–water partition coefficient (Wildman–Crippen LogP) is 3.90. The van der Waals surface area contributed by atoms with E-state index in [4.69, 9.17) is 14.5 Å². The Kier molecular flexibility index (Phi) is 6.31. The molecule has 2 atom stereocenters. The molecule has 2 aromatic heterocycles. The number of pyridine rings is 1. The van der Waals surface area contributed by atoms with Gasteiger partial charge in [0.15, 0.2) is 5.65 Å². The molecular weight excluding hydrogens is 512 g/mol. The van der Waals surface area contributed by atoms with Gasteiger partial charge in [-0.05, 0) is 57.0 Å².